The van der Waals surface area contributed by atoms with Gasteiger partial charge in [0, 0.05) is 50.9 Å². The molecule has 0 radical (unpaired) electrons. The van der Waals surface area contributed by atoms with Crippen LogP contribution >= 0.6 is 0 Å². The minimum atomic E-state index is -0.571. The van der Waals surface area contributed by atoms with Gasteiger partial charge in [0.1, 0.15) is 17.7 Å². The number of oxime groups is 1. The Bertz CT molecular complexity index is 760. The van der Waals surface area contributed by atoms with Crippen molar-refractivity contribution in [2.75, 3.05) is 25.5 Å². The summed E-state index contributed by atoms with van der Waals surface area (Å²) in [6.07, 6.45) is 0.604. The molecule has 0 spiro atoms. The molecule has 0 bridgehead atoms. The summed E-state index contributed by atoms with van der Waals surface area (Å²) >= 11 is 0. The van der Waals surface area contributed by atoms with Gasteiger partial charge in [0.25, 0.3) is 0 Å². The maximum absolute atomic E-state index is 13.6. The average Bonchev–Trinajstić information content (AvgIpc) is 3.06. The first-order chi connectivity index (χ1) is 12.0. The summed E-state index contributed by atoms with van der Waals surface area (Å²) in [5.74, 6) is -1.11. The van der Waals surface area contributed by atoms with Gasteiger partial charge < -0.3 is 15.1 Å². The van der Waals surface area contributed by atoms with Gasteiger partial charge in [-0.2, -0.15) is 0 Å². The van der Waals surface area contributed by atoms with Crippen LogP contribution in [0.5, 0.6) is 0 Å². The molecule has 0 fully saturated rings. The molecule has 0 aromatic heterocycles. The topological polar surface area (TPSA) is 36.9 Å². The van der Waals surface area contributed by atoms with E-state index in [0.29, 0.717) is 25.1 Å². The van der Waals surface area contributed by atoms with Crippen LogP contribution in [0.4, 0.5) is 14.5 Å². The second-order valence-electron chi connectivity index (χ2n) is 6.28. The van der Waals surface area contributed by atoms with Crippen LogP contribution in [0.15, 0.2) is 47.6 Å². The number of hydrogen-bond acceptors (Lipinski definition) is 4. The van der Waals surface area contributed by atoms with Crippen molar-refractivity contribution in [1.82, 2.24) is 5.32 Å². The molecule has 0 aliphatic carbocycles. The Kier molecular flexibility index (Phi) is 5.28. The predicted octanol–water partition coefficient (Wildman–Crippen LogP) is 3.31. The molecule has 0 saturated heterocycles. The van der Waals surface area contributed by atoms with E-state index in [1.807, 2.05) is 43.3 Å². The molecule has 4 nitrogen and oxygen atoms in total. The van der Waals surface area contributed by atoms with E-state index in [9.17, 15) is 8.78 Å². The number of anilines is 1. The van der Waals surface area contributed by atoms with Crippen molar-refractivity contribution >= 4 is 11.4 Å². The molecule has 1 aliphatic rings. The summed E-state index contributed by atoms with van der Waals surface area (Å²) in [6.45, 7) is 0.860. The highest BCUT2D eigenvalue weighted by Gasteiger charge is 2.22. The van der Waals surface area contributed by atoms with E-state index in [1.165, 1.54) is 12.1 Å². The highest BCUT2D eigenvalue weighted by molar-refractivity contribution is 6.01. The van der Waals surface area contributed by atoms with E-state index in [2.05, 4.69) is 10.5 Å². The second-order valence-corrected chi connectivity index (χ2v) is 6.28. The van der Waals surface area contributed by atoms with Gasteiger partial charge in [0.05, 0.1) is 5.71 Å². The zero-order valence-corrected chi connectivity index (χ0v) is 14.3. The summed E-state index contributed by atoms with van der Waals surface area (Å²) in [7, 11) is 3.99. The molecule has 1 atom stereocenters. The Hall–Kier alpha value is -2.47. The molecule has 1 N–H and O–H groups in total. The van der Waals surface area contributed by atoms with Crippen molar-refractivity contribution < 1.29 is 13.6 Å². The maximum Gasteiger partial charge on any atom is 0.145 e. The SMILES string of the molecule is CN(C)c1ccc(C2=NO[C@@H](CNCc3ccc(F)cc3F)C2)cc1. The van der Waals surface area contributed by atoms with Crippen molar-refractivity contribution in [1.29, 1.82) is 0 Å². The van der Waals surface area contributed by atoms with Crippen LogP contribution in [0, 0.1) is 11.6 Å². The lowest BCUT2D eigenvalue weighted by atomic mass is 10.0. The molecule has 2 aromatic rings. The molecule has 132 valence electrons. The normalized spacial score (nSPS) is 16.5. The van der Waals surface area contributed by atoms with Crippen molar-refractivity contribution in [3.05, 3.63) is 65.2 Å². The van der Waals surface area contributed by atoms with Crippen LogP contribution in [-0.4, -0.2) is 32.5 Å². The summed E-state index contributed by atoms with van der Waals surface area (Å²) < 4.78 is 26.5. The van der Waals surface area contributed by atoms with Gasteiger partial charge in [-0.15, -0.1) is 0 Å². The third-order valence-corrected chi connectivity index (χ3v) is 4.15. The van der Waals surface area contributed by atoms with E-state index in [0.717, 1.165) is 23.0 Å². The Morgan fingerprint density at radius 2 is 1.92 bits per heavy atom. The molecule has 3 rings (SSSR count). The molecule has 0 amide bonds. The lowest BCUT2D eigenvalue weighted by Gasteiger charge is -2.12. The minimum absolute atomic E-state index is 0.0907. The number of halogens is 2. The zero-order valence-electron chi connectivity index (χ0n) is 14.3. The van der Waals surface area contributed by atoms with Crippen LogP contribution in [0.1, 0.15) is 17.5 Å². The maximum atomic E-state index is 13.6. The summed E-state index contributed by atoms with van der Waals surface area (Å²) in [5.41, 5.74) is 3.50. The number of nitrogens with zero attached hydrogens (tertiary/aromatic N) is 2. The summed E-state index contributed by atoms with van der Waals surface area (Å²) in [6, 6.07) is 11.7. The van der Waals surface area contributed by atoms with Crippen LogP contribution < -0.4 is 10.2 Å². The highest BCUT2D eigenvalue weighted by atomic mass is 19.1. The van der Waals surface area contributed by atoms with Gasteiger partial charge in [-0.1, -0.05) is 23.4 Å². The van der Waals surface area contributed by atoms with Crippen LogP contribution in [0.2, 0.25) is 0 Å². The molecule has 25 heavy (non-hydrogen) atoms. The number of hydrogen-bond donors (Lipinski definition) is 1. The van der Waals surface area contributed by atoms with Crippen molar-refractivity contribution in [3.8, 4) is 0 Å². The largest absolute Gasteiger partial charge is 0.390 e. The first kappa shape index (κ1) is 17.4. The average molecular weight is 345 g/mol. The Morgan fingerprint density at radius 3 is 2.60 bits per heavy atom. The fourth-order valence-electron chi connectivity index (χ4n) is 2.69. The third-order valence-electron chi connectivity index (χ3n) is 4.15. The van der Waals surface area contributed by atoms with Crippen molar-refractivity contribution in [2.45, 2.75) is 19.1 Å². The summed E-state index contributed by atoms with van der Waals surface area (Å²) in [5, 5.41) is 7.29. The fraction of sp³-hybridized carbons (Fsp3) is 0.316. The number of benzene rings is 2. The standard InChI is InChI=1S/C19H21F2N3O/c1-24(2)16-7-4-13(5-8-16)19-10-17(25-23-19)12-22-11-14-3-6-15(20)9-18(14)21/h3-9,17,22H,10-12H2,1-2H3/t17-/m1/s1. The molecule has 0 unspecified atom stereocenters. The van der Waals surface area contributed by atoms with Crippen LogP contribution in [0.3, 0.4) is 0 Å². The highest BCUT2D eigenvalue weighted by Crippen LogP contribution is 2.19. The molecular weight excluding hydrogens is 324 g/mol. The molecule has 2 aromatic carbocycles. The van der Waals surface area contributed by atoms with Crippen LogP contribution in [0.25, 0.3) is 0 Å². The third kappa shape index (κ3) is 4.33. The van der Waals surface area contributed by atoms with Gasteiger partial charge in [-0.25, -0.2) is 8.78 Å². The smallest absolute Gasteiger partial charge is 0.145 e. The monoisotopic (exact) mass is 345 g/mol. The second kappa shape index (κ2) is 7.61. The Balaban J connectivity index is 1.49. The lowest BCUT2D eigenvalue weighted by molar-refractivity contribution is 0.0848. The van der Waals surface area contributed by atoms with Gasteiger partial charge in [-0.05, 0) is 23.8 Å². The van der Waals surface area contributed by atoms with Gasteiger partial charge >= 0.3 is 0 Å². The molecular formula is C19H21F2N3O. The summed E-state index contributed by atoms with van der Waals surface area (Å²) in [4.78, 5) is 7.49. The van der Waals surface area contributed by atoms with Gasteiger partial charge in [0.15, 0.2) is 0 Å². The van der Waals surface area contributed by atoms with E-state index in [1.54, 1.807) is 0 Å². The van der Waals surface area contributed by atoms with Crippen LogP contribution in [-0.2, 0) is 11.4 Å². The van der Waals surface area contributed by atoms with E-state index < -0.39 is 11.6 Å². The van der Waals surface area contributed by atoms with Gasteiger partial charge in [0.2, 0.25) is 0 Å². The fourth-order valence-corrected chi connectivity index (χ4v) is 2.69. The Labute approximate surface area is 146 Å². The Morgan fingerprint density at radius 1 is 1.16 bits per heavy atom. The number of nitrogens with one attached hydrogen (secondary N) is 1. The van der Waals surface area contributed by atoms with E-state index in [4.69, 9.17) is 4.84 Å². The van der Waals surface area contributed by atoms with Gasteiger partial charge in [-0.3, -0.25) is 0 Å². The quantitative estimate of drug-likeness (QED) is 0.873. The van der Waals surface area contributed by atoms with Crippen molar-refractivity contribution in [3.63, 3.8) is 0 Å². The number of rotatable bonds is 6. The first-order valence-corrected chi connectivity index (χ1v) is 8.18. The van der Waals surface area contributed by atoms with Crippen molar-refractivity contribution in [2.24, 2.45) is 5.16 Å². The molecule has 0 saturated carbocycles. The molecule has 1 heterocycles. The predicted molar refractivity (Wildman–Crippen MR) is 94.9 cm³/mol. The lowest BCUT2D eigenvalue weighted by Crippen LogP contribution is -2.27. The molecule has 6 heteroatoms. The first-order valence-electron chi connectivity index (χ1n) is 8.18. The molecule has 1 aliphatic heterocycles. The van der Waals surface area contributed by atoms with E-state index in [-0.39, 0.29) is 6.10 Å². The zero-order chi connectivity index (χ0) is 17.8. The van der Waals surface area contributed by atoms with E-state index >= 15 is 0 Å². The minimum Gasteiger partial charge on any atom is -0.390 e.